The topological polar surface area (TPSA) is 30.2 Å². The first kappa shape index (κ1) is 18.1. The number of hydrogen-bond acceptors (Lipinski definition) is 3. The Labute approximate surface area is 165 Å². The minimum Gasteiger partial charge on any atom is -0.449 e. The third-order valence-electron chi connectivity index (χ3n) is 3.76. The van der Waals surface area contributed by atoms with Crippen molar-refractivity contribution < 1.29 is 4.42 Å². The van der Waals surface area contributed by atoms with E-state index in [1.807, 2.05) is 37.3 Å². The fraction of sp³-hybridized carbons (Fsp3) is 0.190. The van der Waals surface area contributed by atoms with Gasteiger partial charge in [-0.15, -0.1) is 0 Å². The second-order valence-electron chi connectivity index (χ2n) is 5.57. The molecule has 0 amide bonds. The number of rotatable bonds is 4. The standard InChI is InChI=1S/C21H17IO2S/c1-15-20(23)18-7-2-3-8-19(18)24-21(15)25-14-17-11-9-16(10-12-17)6-4-5-13-22/h2-3,7-12H,5,13-14H2,1H3. The molecule has 0 saturated carbocycles. The lowest BCUT2D eigenvalue weighted by molar-refractivity contribution is 0.492. The molecule has 4 heteroatoms. The molecule has 2 nitrogen and oxygen atoms in total. The van der Waals surface area contributed by atoms with Crippen molar-refractivity contribution in [2.45, 2.75) is 24.2 Å². The summed E-state index contributed by atoms with van der Waals surface area (Å²) in [4.78, 5) is 12.4. The highest BCUT2D eigenvalue weighted by Gasteiger charge is 2.11. The Hall–Kier alpha value is -1.71. The lowest BCUT2D eigenvalue weighted by Crippen LogP contribution is -2.06. The van der Waals surface area contributed by atoms with Crippen LogP contribution in [0.15, 0.2) is 62.8 Å². The van der Waals surface area contributed by atoms with Crippen LogP contribution in [-0.2, 0) is 5.75 Å². The van der Waals surface area contributed by atoms with E-state index in [4.69, 9.17) is 4.42 Å². The summed E-state index contributed by atoms with van der Waals surface area (Å²) >= 11 is 3.88. The first-order chi connectivity index (χ1) is 12.2. The van der Waals surface area contributed by atoms with Gasteiger partial charge in [-0.25, -0.2) is 0 Å². The third-order valence-corrected chi connectivity index (χ3v) is 5.43. The Morgan fingerprint density at radius 3 is 2.64 bits per heavy atom. The van der Waals surface area contributed by atoms with Crippen LogP contribution in [-0.4, -0.2) is 4.43 Å². The maximum atomic E-state index is 12.4. The van der Waals surface area contributed by atoms with E-state index in [1.54, 1.807) is 17.8 Å². The van der Waals surface area contributed by atoms with Gasteiger partial charge < -0.3 is 4.42 Å². The number of benzene rings is 2. The molecule has 2 aromatic carbocycles. The minimum absolute atomic E-state index is 0.0465. The molecule has 3 aromatic rings. The van der Waals surface area contributed by atoms with E-state index in [-0.39, 0.29) is 5.43 Å². The van der Waals surface area contributed by atoms with E-state index in [9.17, 15) is 4.79 Å². The summed E-state index contributed by atoms with van der Waals surface area (Å²) in [5.74, 6) is 7.06. The maximum absolute atomic E-state index is 12.4. The zero-order valence-electron chi connectivity index (χ0n) is 13.8. The van der Waals surface area contributed by atoms with Gasteiger partial charge in [0.25, 0.3) is 0 Å². The number of hydrogen-bond donors (Lipinski definition) is 0. The second-order valence-corrected chi connectivity index (χ2v) is 7.59. The normalized spacial score (nSPS) is 10.5. The Balaban J connectivity index is 1.76. The summed E-state index contributed by atoms with van der Waals surface area (Å²) in [7, 11) is 0. The number of thioether (sulfide) groups is 1. The summed E-state index contributed by atoms with van der Waals surface area (Å²) in [5, 5.41) is 1.33. The van der Waals surface area contributed by atoms with Gasteiger partial charge in [-0.05, 0) is 36.8 Å². The summed E-state index contributed by atoms with van der Waals surface area (Å²) in [6, 6.07) is 15.6. The van der Waals surface area contributed by atoms with Gasteiger partial charge in [0.05, 0.1) is 5.39 Å². The summed E-state index contributed by atoms with van der Waals surface area (Å²) in [5.41, 5.74) is 3.57. The molecule has 0 radical (unpaired) electrons. The molecule has 0 atom stereocenters. The predicted octanol–water partition coefficient (Wildman–Crippen LogP) is 5.57. The first-order valence-electron chi connectivity index (χ1n) is 7.98. The summed E-state index contributed by atoms with van der Waals surface area (Å²) in [6.45, 7) is 1.83. The molecule has 0 bridgehead atoms. The van der Waals surface area contributed by atoms with Crippen LogP contribution in [0, 0.1) is 18.8 Å². The molecule has 0 fully saturated rings. The van der Waals surface area contributed by atoms with Gasteiger partial charge in [-0.2, -0.15) is 0 Å². The smallest absolute Gasteiger partial charge is 0.196 e. The maximum Gasteiger partial charge on any atom is 0.196 e. The Morgan fingerprint density at radius 1 is 1.12 bits per heavy atom. The van der Waals surface area contributed by atoms with Gasteiger partial charge >= 0.3 is 0 Å². The quantitative estimate of drug-likeness (QED) is 0.221. The van der Waals surface area contributed by atoms with Crippen molar-refractivity contribution in [3.05, 3.63) is 75.4 Å². The Morgan fingerprint density at radius 2 is 1.88 bits per heavy atom. The molecule has 0 aliphatic carbocycles. The molecule has 126 valence electrons. The molecule has 0 spiro atoms. The van der Waals surface area contributed by atoms with E-state index >= 15 is 0 Å². The van der Waals surface area contributed by atoms with Crippen LogP contribution in [0.3, 0.4) is 0 Å². The Kier molecular flexibility index (Phi) is 6.22. The molecule has 0 aliphatic heterocycles. The van der Waals surface area contributed by atoms with Crippen molar-refractivity contribution in [2.75, 3.05) is 4.43 Å². The fourth-order valence-corrected chi connectivity index (χ4v) is 3.61. The molecular formula is C21H17IO2S. The van der Waals surface area contributed by atoms with Crippen molar-refractivity contribution in [3.8, 4) is 11.8 Å². The summed E-state index contributed by atoms with van der Waals surface area (Å²) < 4.78 is 6.98. The van der Waals surface area contributed by atoms with Crippen molar-refractivity contribution in [1.82, 2.24) is 0 Å². The van der Waals surface area contributed by atoms with Gasteiger partial charge in [0.15, 0.2) is 10.5 Å². The molecular weight excluding hydrogens is 443 g/mol. The van der Waals surface area contributed by atoms with Crippen molar-refractivity contribution in [3.63, 3.8) is 0 Å². The highest BCUT2D eigenvalue weighted by atomic mass is 127. The lowest BCUT2D eigenvalue weighted by atomic mass is 10.1. The Bertz CT molecular complexity index is 994. The number of para-hydroxylation sites is 1. The third kappa shape index (κ3) is 4.47. The lowest BCUT2D eigenvalue weighted by Gasteiger charge is -2.06. The van der Waals surface area contributed by atoms with E-state index in [1.165, 1.54) is 5.56 Å². The van der Waals surface area contributed by atoms with Gasteiger partial charge in [0.1, 0.15) is 5.58 Å². The van der Waals surface area contributed by atoms with Crippen LogP contribution in [0.4, 0.5) is 0 Å². The number of halogens is 1. The monoisotopic (exact) mass is 460 g/mol. The number of alkyl halides is 1. The van der Waals surface area contributed by atoms with Crippen LogP contribution < -0.4 is 5.43 Å². The van der Waals surface area contributed by atoms with Crippen LogP contribution in [0.2, 0.25) is 0 Å². The van der Waals surface area contributed by atoms with Crippen LogP contribution in [0.5, 0.6) is 0 Å². The molecule has 3 rings (SSSR count). The van der Waals surface area contributed by atoms with Crippen LogP contribution >= 0.6 is 34.4 Å². The fourth-order valence-electron chi connectivity index (χ4n) is 2.40. The van der Waals surface area contributed by atoms with Gasteiger partial charge in [0, 0.05) is 27.7 Å². The zero-order valence-corrected chi connectivity index (χ0v) is 16.8. The van der Waals surface area contributed by atoms with E-state index in [0.717, 1.165) is 22.2 Å². The molecule has 0 aliphatic rings. The average molecular weight is 460 g/mol. The molecule has 0 unspecified atom stereocenters. The van der Waals surface area contributed by atoms with Crippen LogP contribution in [0.25, 0.3) is 11.0 Å². The summed E-state index contributed by atoms with van der Waals surface area (Å²) in [6.07, 6.45) is 0.915. The van der Waals surface area contributed by atoms with E-state index < -0.39 is 0 Å². The van der Waals surface area contributed by atoms with Gasteiger partial charge in [-0.1, -0.05) is 70.5 Å². The van der Waals surface area contributed by atoms with Crippen molar-refractivity contribution >= 4 is 45.3 Å². The average Bonchev–Trinajstić information content (AvgIpc) is 2.65. The molecule has 25 heavy (non-hydrogen) atoms. The predicted molar refractivity (Wildman–Crippen MR) is 114 cm³/mol. The van der Waals surface area contributed by atoms with Gasteiger partial charge in [0.2, 0.25) is 0 Å². The minimum atomic E-state index is 0.0465. The van der Waals surface area contributed by atoms with E-state index in [2.05, 4.69) is 46.6 Å². The van der Waals surface area contributed by atoms with Crippen molar-refractivity contribution in [1.29, 1.82) is 0 Å². The van der Waals surface area contributed by atoms with Crippen molar-refractivity contribution in [2.24, 2.45) is 0 Å². The number of fused-ring (bicyclic) bond motifs is 1. The van der Waals surface area contributed by atoms with Gasteiger partial charge in [-0.3, -0.25) is 4.79 Å². The second kappa shape index (κ2) is 8.59. The first-order valence-corrected chi connectivity index (χ1v) is 10.5. The van der Waals surface area contributed by atoms with E-state index in [0.29, 0.717) is 21.6 Å². The largest absolute Gasteiger partial charge is 0.449 e. The molecule has 0 saturated heterocycles. The highest BCUT2D eigenvalue weighted by Crippen LogP contribution is 2.27. The highest BCUT2D eigenvalue weighted by molar-refractivity contribution is 14.1. The zero-order chi connectivity index (χ0) is 17.6. The molecule has 0 N–H and O–H groups in total. The SMILES string of the molecule is Cc1c(SCc2ccc(C#CCCI)cc2)oc2ccccc2c1=O. The molecule has 1 aromatic heterocycles. The van der Waals surface area contributed by atoms with Crippen LogP contribution in [0.1, 0.15) is 23.1 Å². The molecule has 1 heterocycles.